The summed E-state index contributed by atoms with van der Waals surface area (Å²) in [5.41, 5.74) is -0.567. The Labute approximate surface area is 107 Å². The maximum absolute atomic E-state index is 11.8. The highest BCUT2D eigenvalue weighted by Crippen LogP contribution is 1.77. The van der Waals surface area contributed by atoms with Crippen LogP contribution in [0.4, 0.5) is 0 Å². The number of aromatic nitrogens is 2. The molecular weight excluding hydrogens is 258 g/mol. The Morgan fingerprint density at radius 1 is 1.22 bits per heavy atom. The van der Waals surface area contributed by atoms with Crippen LogP contribution in [0.1, 0.15) is 6.42 Å². The van der Waals surface area contributed by atoms with Crippen LogP contribution in [0, 0.1) is 0 Å². The van der Waals surface area contributed by atoms with E-state index in [-0.39, 0.29) is 10.8 Å². The van der Waals surface area contributed by atoms with E-state index in [4.69, 9.17) is 11.6 Å². The van der Waals surface area contributed by atoms with E-state index in [1.165, 1.54) is 11.6 Å². The average Bonchev–Trinajstić information content (AvgIpc) is 2.78. The van der Waals surface area contributed by atoms with E-state index in [9.17, 15) is 9.59 Å². The van der Waals surface area contributed by atoms with Gasteiger partial charge < -0.3 is 0 Å². The molecule has 7 nitrogen and oxygen atoms in total. The van der Waals surface area contributed by atoms with Gasteiger partial charge in [0.1, 0.15) is 0 Å². The molecule has 1 aromatic rings. The summed E-state index contributed by atoms with van der Waals surface area (Å²) < 4.78 is 2.32. The van der Waals surface area contributed by atoms with Crippen molar-refractivity contribution in [3.8, 4) is 0 Å². The first-order valence-corrected chi connectivity index (χ1v) is 6.00. The van der Waals surface area contributed by atoms with Gasteiger partial charge in [0.25, 0.3) is 10.8 Å². The fraction of sp³-hybridized carbons (Fsp3) is 0.500. The van der Waals surface area contributed by atoms with Crippen molar-refractivity contribution in [3.63, 3.8) is 0 Å². The van der Waals surface area contributed by atoms with Crippen LogP contribution in [0.25, 0.3) is 0 Å². The van der Waals surface area contributed by atoms with Gasteiger partial charge in [0.2, 0.25) is 0 Å². The molecule has 0 aromatic carbocycles. The summed E-state index contributed by atoms with van der Waals surface area (Å²) in [7, 11) is 2.97. The van der Waals surface area contributed by atoms with Gasteiger partial charge >= 0.3 is 17.2 Å². The summed E-state index contributed by atoms with van der Waals surface area (Å²) in [6.45, 7) is 0.619. The number of nitrogens with zero attached hydrogens (tertiary/aromatic N) is 4. The molecule has 8 heteroatoms. The second kappa shape index (κ2) is 4.85. The monoisotopic (exact) mass is 270 g/mol. The predicted molar refractivity (Wildman–Crippen MR) is 65.4 cm³/mol. The van der Waals surface area contributed by atoms with Gasteiger partial charge in [-0.1, -0.05) is 4.99 Å². The third kappa shape index (κ3) is 2.01. The molecule has 1 aromatic heterocycles. The molecule has 0 unspecified atom stereocenters. The molecule has 0 spiro atoms. The van der Waals surface area contributed by atoms with Crippen LogP contribution >= 0.6 is 11.6 Å². The zero-order valence-corrected chi connectivity index (χ0v) is 10.9. The highest BCUT2D eigenvalue weighted by molar-refractivity contribution is 6.17. The van der Waals surface area contributed by atoms with Crippen molar-refractivity contribution in [2.24, 2.45) is 24.1 Å². The second-order valence-electron chi connectivity index (χ2n) is 3.89. The van der Waals surface area contributed by atoms with Gasteiger partial charge in [0, 0.05) is 20.0 Å². The van der Waals surface area contributed by atoms with Gasteiger partial charge in [-0.05, 0) is 11.4 Å². The van der Waals surface area contributed by atoms with Crippen molar-refractivity contribution in [2.45, 2.75) is 6.42 Å². The molecule has 0 atom stereocenters. The van der Waals surface area contributed by atoms with Crippen LogP contribution in [0.2, 0.25) is 0 Å². The van der Waals surface area contributed by atoms with E-state index >= 15 is 0 Å². The topological polar surface area (TPSA) is 82.7 Å². The van der Waals surface area contributed by atoms with Gasteiger partial charge in [-0.15, -0.1) is 11.6 Å². The van der Waals surface area contributed by atoms with Crippen LogP contribution in [-0.4, -0.2) is 27.5 Å². The maximum Gasteiger partial charge on any atom is 0.429 e. The zero-order chi connectivity index (χ0) is 13.3. The SMILES string of the molecule is Cn1c(=O)c2c(n(C)c1=O)=NC(=[NH+]CCCCl)N=2. The van der Waals surface area contributed by atoms with Crippen LogP contribution in [-0.2, 0) is 14.1 Å². The molecule has 0 fully saturated rings. The van der Waals surface area contributed by atoms with Crippen molar-refractivity contribution in [1.82, 2.24) is 9.13 Å². The van der Waals surface area contributed by atoms with Crippen molar-refractivity contribution in [3.05, 3.63) is 31.7 Å². The molecule has 2 heterocycles. The molecule has 0 aliphatic carbocycles. The fourth-order valence-corrected chi connectivity index (χ4v) is 1.75. The molecule has 0 radical (unpaired) electrons. The molecule has 0 saturated heterocycles. The minimum absolute atomic E-state index is 0.188. The van der Waals surface area contributed by atoms with Gasteiger partial charge in [-0.2, -0.15) is 0 Å². The van der Waals surface area contributed by atoms with Crippen LogP contribution in [0.5, 0.6) is 0 Å². The summed E-state index contributed by atoms with van der Waals surface area (Å²) >= 11 is 5.56. The van der Waals surface area contributed by atoms with Crippen LogP contribution < -0.4 is 27.1 Å². The summed E-state index contributed by atoms with van der Waals surface area (Å²) in [6.07, 6.45) is 0.767. The first-order chi connectivity index (χ1) is 8.56. The molecule has 1 aliphatic heterocycles. The highest BCUT2D eigenvalue weighted by Gasteiger charge is 2.21. The Hall–Kier alpha value is -1.76. The second-order valence-corrected chi connectivity index (χ2v) is 4.27. The number of fused-ring (bicyclic) bond motifs is 1. The first kappa shape index (κ1) is 12.7. The molecule has 0 saturated carbocycles. The number of guanidine groups is 1. The van der Waals surface area contributed by atoms with Gasteiger partial charge in [0.15, 0.2) is 0 Å². The van der Waals surface area contributed by atoms with Gasteiger partial charge in [0.05, 0.1) is 6.54 Å². The molecule has 18 heavy (non-hydrogen) atoms. The summed E-state index contributed by atoms with van der Waals surface area (Å²) in [6, 6.07) is 0. The summed E-state index contributed by atoms with van der Waals surface area (Å²) in [5.74, 6) is 0.876. The number of rotatable bonds is 3. The molecule has 0 amide bonds. The summed E-state index contributed by atoms with van der Waals surface area (Å²) in [4.78, 5) is 34.7. The lowest BCUT2D eigenvalue weighted by atomic mass is 10.5. The maximum atomic E-state index is 11.8. The van der Waals surface area contributed by atoms with E-state index in [0.29, 0.717) is 18.4 Å². The van der Waals surface area contributed by atoms with E-state index in [0.717, 1.165) is 11.0 Å². The third-order valence-electron chi connectivity index (χ3n) is 2.63. The van der Waals surface area contributed by atoms with E-state index in [1.807, 2.05) is 0 Å². The Morgan fingerprint density at radius 2 is 1.94 bits per heavy atom. The zero-order valence-electron chi connectivity index (χ0n) is 10.1. The van der Waals surface area contributed by atoms with E-state index in [1.54, 1.807) is 7.05 Å². The van der Waals surface area contributed by atoms with Crippen LogP contribution in [0.3, 0.4) is 0 Å². The number of alkyl halides is 1. The number of nitrogens with one attached hydrogen (secondary N) is 1. The number of hydrogen-bond donors (Lipinski definition) is 1. The third-order valence-corrected chi connectivity index (χ3v) is 2.90. The van der Waals surface area contributed by atoms with Crippen molar-refractivity contribution in [2.75, 3.05) is 12.4 Å². The van der Waals surface area contributed by atoms with Crippen molar-refractivity contribution < 1.29 is 4.99 Å². The van der Waals surface area contributed by atoms with Gasteiger partial charge in [-0.3, -0.25) is 18.9 Å². The molecular formula is C10H13ClN5O2+. The Bertz CT molecular complexity index is 743. The predicted octanol–water partition coefficient (Wildman–Crippen LogP) is -3.60. The Morgan fingerprint density at radius 3 is 2.61 bits per heavy atom. The number of halogens is 1. The quantitative estimate of drug-likeness (QED) is 0.455. The lowest BCUT2D eigenvalue weighted by molar-refractivity contribution is -0.458. The minimum Gasteiger partial charge on any atom is -0.272 e. The largest absolute Gasteiger partial charge is 0.429 e. The lowest BCUT2D eigenvalue weighted by Crippen LogP contribution is -2.72. The van der Waals surface area contributed by atoms with Crippen molar-refractivity contribution in [1.29, 1.82) is 0 Å². The minimum atomic E-state index is -0.439. The van der Waals surface area contributed by atoms with Crippen LogP contribution in [0.15, 0.2) is 19.6 Å². The average molecular weight is 271 g/mol. The molecule has 1 aliphatic rings. The van der Waals surface area contributed by atoms with Crippen molar-refractivity contribution >= 4 is 17.6 Å². The molecule has 0 bridgehead atoms. The smallest absolute Gasteiger partial charge is 0.272 e. The van der Waals surface area contributed by atoms with E-state index in [2.05, 4.69) is 15.0 Å². The normalized spacial score (nSPS) is 15.4. The fourth-order valence-electron chi connectivity index (χ4n) is 1.62. The highest BCUT2D eigenvalue weighted by atomic mass is 35.5. The molecule has 96 valence electrons. The Kier molecular flexibility index (Phi) is 3.42. The number of hydrogen-bond acceptors (Lipinski definition) is 2. The molecule has 1 N–H and O–H groups in total. The lowest BCUT2D eigenvalue weighted by Gasteiger charge is -1.96. The molecule has 2 rings (SSSR count). The Balaban J connectivity index is 2.63. The summed E-state index contributed by atoms with van der Waals surface area (Å²) in [5, 5.41) is 0.188. The standard InChI is InChI=1S/C10H12ClN5O2/c1-15-7-6(8(17)16(2)10(15)18)13-9(14-7)12-5-3-4-11/h3-5H2,1-2H3/p+1. The van der Waals surface area contributed by atoms with E-state index < -0.39 is 11.2 Å². The first-order valence-electron chi connectivity index (χ1n) is 5.46. The van der Waals surface area contributed by atoms with Gasteiger partial charge in [-0.25, -0.2) is 4.79 Å².